The average molecular weight is 323 g/mol. The number of methoxy groups -OCH3 is 1. The molecule has 0 aliphatic carbocycles. The number of hydrogen-bond acceptors (Lipinski definition) is 5. The van der Waals surface area contributed by atoms with Crippen molar-refractivity contribution in [3.05, 3.63) is 48.5 Å². The molecule has 3 rings (SSSR count). The van der Waals surface area contributed by atoms with E-state index in [4.69, 9.17) is 10.00 Å². The van der Waals surface area contributed by atoms with Gasteiger partial charge in [0, 0.05) is 0 Å². The quantitative estimate of drug-likeness (QED) is 0.334. The lowest BCUT2D eigenvalue weighted by molar-refractivity contribution is 0.415. The SMILES string of the molecule is COc1ccc2nc(NC(=Nc3ccccc3)NC#N)sc2c1. The lowest BCUT2D eigenvalue weighted by atomic mass is 10.3. The average Bonchev–Trinajstić information content (AvgIpc) is 2.97. The summed E-state index contributed by atoms with van der Waals surface area (Å²) in [6.07, 6.45) is 1.87. The van der Waals surface area contributed by atoms with E-state index in [0.717, 1.165) is 21.7 Å². The number of aromatic nitrogens is 1. The van der Waals surface area contributed by atoms with Gasteiger partial charge in [0.1, 0.15) is 5.75 Å². The standard InChI is InChI=1S/C16H13N5OS/c1-22-12-7-8-13-14(9-12)23-16(20-13)21-15(18-10-17)19-11-5-3-2-4-6-11/h2-9H,1H3,(H2,18,19,20,21). The van der Waals surface area contributed by atoms with Gasteiger partial charge in [-0.3, -0.25) is 5.32 Å². The van der Waals surface area contributed by atoms with Crippen LogP contribution in [0.4, 0.5) is 10.8 Å². The molecule has 2 N–H and O–H groups in total. The van der Waals surface area contributed by atoms with Crippen molar-refractivity contribution in [3.63, 3.8) is 0 Å². The van der Waals surface area contributed by atoms with Crippen LogP contribution in [0.2, 0.25) is 0 Å². The predicted octanol–water partition coefficient (Wildman–Crippen LogP) is 3.48. The largest absolute Gasteiger partial charge is 0.497 e. The summed E-state index contributed by atoms with van der Waals surface area (Å²) < 4.78 is 6.20. The highest BCUT2D eigenvalue weighted by molar-refractivity contribution is 7.22. The van der Waals surface area contributed by atoms with Crippen LogP contribution in [0.5, 0.6) is 5.75 Å². The summed E-state index contributed by atoms with van der Waals surface area (Å²) in [5.41, 5.74) is 1.59. The van der Waals surface area contributed by atoms with Crippen LogP contribution < -0.4 is 15.4 Å². The van der Waals surface area contributed by atoms with Crippen LogP contribution in [0.25, 0.3) is 10.2 Å². The number of anilines is 1. The van der Waals surface area contributed by atoms with E-state index in [1.54, 1.807) is 7.11 Å². The summed E-state index contributed by atoms with van der Waals surface area (Å²) in [6, 6.07) is 15.0. The van der Waals surface area contributed by atoms with Crippen molar-refractivity contribution in [2.45, 2.75) is 0 Å². The van der Waals surface area contributed by atoms with E-state index in [-0.39, 0.29) is 0 Å². The molecule has 23 heavy (non-hydrogen) atoms. The number of hydrogen-bond donors (Lipinski definition) is 2. The number of aliphatic imine (C=N–C) groups is 1. The van der Waals surface area contributed by atoms with Gasteiger partial charge in [-0.05, 0) is 30.3 Å². The maximum absolute atomic E-state index is 8.89. The molecule has 0 amide bonds. The summed E-state index contributed by atoms with van der Waals surface area (Å²) in [4.78, 5) is 8.83. The third-order valence-electron chi connectivity index (χ3n) is 2.99. The highest BCUT2D eigenvalue weighted by atomic mass is 32.1. The molecule has 114 valence electrons. The fraction of sp³-hybridized carbons (Fsp3) is 0.0625. The summed E-state index contributed by atoms with van der Waals surface area (Å²) in [5, 5.41) is 15.1. The number of benzene rings is 2. The molecule has 0 aliphatic heterocycles. The Labute approximate surface area is 137 Å². The molecule has 6 nitrogen and oxygen atoms in total. The second-order valence-corrected chi connectivity index (χ2v) is 5.54. The number of ether oxygens (including phenoxy) is 1. The highest BCUT2D eigenvalue weighted by Crippen LogP contribution is 2.29. The van der Waals surface area contributed by atoms with Crippen molar-refractivity contribution in [1.82, 2.24) is 10.3 Å². The van der Waals surface area contributed by atoms with E-state index < -0.39 is 0 Å². The molecule has 0 aliphatic rings. The summed E-state index contributed by atoms with van der Waals surface area (Å²) in [7, 11) is 1.63. The molecular weight excluding hydrogens is 310 g/mol. The number of fused-ring (bicyclic) bond motifs is 1. The lowest BCUT2D eigenvalue weighted by Gasteiger charge is -2.04. The minimum atomic E-state index is 0.324. The predicted molar refractivity (Wildman–Crippen MR) is 92.1 cm³/mol. The first-order chi connectivity index (χ1) is 11.3. The van der Waals surface area contributed by atoms with Crippen LogP contribution in [-0.2, 0) is 0 Å². The molecule has 0 fully saturated rings. The van der Waals surface area contributed by atoms with Crippen LogP contribution in [0, 0.1) is 11.5 Å². The third kappa shape index (κ3) is 3.56. The van der Waals surface area contributed by atoms with Gasteiger partial charge < -0.3 is 10.1 Å². The van der Waals surface area contributed by atoms with Gasteiger partial charge in [-0.2, -0.15) is 5.26 Å². The van der Waals surface area contributed by atoms with Gasteiger partial charge in [0.2, 0.25) is 5.96 Å². The third-order valence-corrected chi connectivity index (χ3v) is 3.93. The van der Waals surface area contributed by atoms with Gasteiger partial charge in [0.05, 0.1) is 23.0 Å². The summed E-state index contributed by atoms with van der Waals surface area (Å²) in [5.74, 6) is 1.10. The van der Waals surface area contributed by atoms with Crippen molar-refractivity contribution >= 4 is 38.3 Å². The molecule has 0 unspecified atom stereocenters. The fourth-order valence-electron chi connectivity index (χ4n) is 1.96. The van der Waals surface area contributed by atoms with Gasteiger partial charge in [-0.15, -0.1) is 0 Å². The van der Waals surface area contributed by atoms with Crippen LogP contribution >= 0.6 is 11.3 Å². The molecule has 0 spiro atoms. The van der Waals surface area contributed by atoms with Crippen LogP contribution in [0.3, 0.4) is 0 Å². The highest BCUT2D eigenvalue weighted by Gasteiger charge is 2.07. The van der Waals surface area contributed by atoms with Crippen LogP contribution in [0.15, 0.2) is 53.5 Å². The topological polar surface area (TPSA) is 82.3 Å². The molecule has 0 radical (unpaired) electrons. The molecule has 7 heteroatoms. The Morgan fingerprint density at radius 3 is 2.83 bits per heavy atom. The van der Waals surface area contributed by atoms with Gasteiger partial charge in [0.25, 0.3) is 0 Å². The van der Waals surface area contributed by atoms with E-state index in [9.17, 15) is 0 Å². The molecule has 1 heterocycles. The Balaban J connectivity index is 1.88. The first-order valence-electron chi connectivity index (χ1n) is 6.79. The maximum Gasteiger partial charge on any atom is 0.216 e. The van der Waals surface area contributed by atoms with Gasteiger partial charge in [-0.25, -0.2) is 9.98 Å². The summed E-state index contributed by atoms with van der Waals surface area (Å²) >= 11 is 1.46. The molecule has 1 aromatic heterocycles. The minimum Gasteiger partial charge on any atom is -0.497 e. The normalized spacial score (nSPS) is 11.0. The Morgan fingerprint density at radius 1 is 1.26 bits per heavy atom. The molecule has 0 saturated heterocycles. The van der Waals surface area contributed by atoms with Crippen molar-refractivity contribution < 1.29 is 4.74 Å². The zero-order valence-electron chi connectivity index (χ0n) is 12.3. The minimum absolute atomic E-state index is 0.324. The molecule has 0 atom stereocenters. The van der Waals surface area contributed by atoms with Crippen molar-refractivity contribution in [1.29, 1.82) is 5.26 Å². The molecule has 2 aromatic carbocycles. The number of rotatable bonds is 3. The smallest absolute Gasteiger partial charge is 0.216 e. The Bertz CT molecular complexity index is 882. The maximum atomic E-state index is 8.89. The van der Waals surface area contributed by atoms with Crippen molar-refractivity contribution in [2.24, 2.45) is 4.99 Å². The van der Waals surface area contributed by atoms with Crippen LogP contribution in [0.1, 0.15) is 0 Å². The number of nitrogens with zero attached hydrogens (tertiary/aromatic N) is 3. The van der Waals surface area contributed by atoms with E-state index >= 15 is 0 Å². The molecule has 0 bridgehead atoms. The van der Waals surface area contributed by atoms with Gasteiger partial charge in [-0.1, -0.05) is 29.5 Å². The second kappa shape index (κ2) is 6.77. The summed E-state index contributed by atoms with van der Waals surface area (Å²) in [6.45, 7) is 0. The van der Waals surface area contributed by atoms with Gasteiger partial charge >= 0.3 is 0 Å². The van der Waals surface area contributed by atoms with Crippen molar-refractivity contribution in [2.75, 3.05) is 12.4 Å². The number of thiazole rings is 1. The second-order valence-electron chi connectivity index (χ2n) is 4.51. The monoisotopic (exact) mass is 323 g/mol. The Hall–Kier alpha value is -3.11. The fourth-order valence-corrected chi connectivity index (χ4v) is 2.85. The first kappa shape index (κ1) is 14.8. The van der Waals surface area contributed by atoms with E-state index in [1.165, 1.54) is 11.3 Å². The Kier molecular flexibility index (Phi) is 4.36. The number of para-hydroxylation sites is 1. The molecule has 0 saturated carbocycles. The van der Waals surface area contributed by atoms with E-state index in [1.807, 2.05) is 54.7 Å². The van der Waals surface area contributed by atoms with E-state index in [2.05, 4.69) is 20.6 Å². The first-order valence-corrected chi connectivity index (χ1v) is 7.60. The number of nitriles is 1. The van der Waals surface area contributed by atoms with Crippen molar-refractivity contribution in [3.8, 4) is 11.9 Å². The number of guanidine groups is 1. The van der Waals surface area contributed by atoms with Crippen LogP contribution in [-0.4, -0.2) is 18.1 Å². The molecular formula is C16H13N5OS. The zero-order chi connectivity index (χ0) is 16.1. The van der Waals surface area contributed by atoms with Gasteiger partial charge in [0.15, 0.2) is 11.3 Å². The Morgan fingerprint density at radius 2 is 2.09 bits per heavy atom. The lowest BCUT2D eigenvalue weighted by Crippen LogP contribution is -2.26. The number of nitrogens with one attached hydrogen (secondary N) is 2. The zero-order valence-corrected chi connectivity index (χ0v) is 13.1. The van der Waals surface area contributed by atoms with E-state index in [0.29, 0.717) is 11.1 Å². The molecule has 3 aromatic rings.